The third-order valence-corrected chi connectivity index (χ3v) is 2.84. The summed E-state index contributed by atoms with van der Waals surface area (Å²) in [5, 5.41) is 3.73. The molecule has 3 aromatic rings. The van der Waals surface area contributed by atoms with Gasteiger partial charge in [0.25, 0.3) is 0 Å². The van der Waals surface area contributed by atoms with Crippen LogP contribution in [0, 0.1) is 29.1 Å². The van der Waals surface area contributed by atoms with Gasteiger partial charge in [0.1, 0.15) is 0 Å². The fourth-order valence-electron chi connectivity index (χ4n) is 1.76. The van der Waals surface area contributed by atoms with E-state index in [1.54, 1.807) is 0 Å². The molecular formula is C13H4F5N3O2. The molecule has 0 N–H and O–H groups in total. The second kappa shape index (κ2) is 5.30. The van der Waals surface area contributed by atoms with Crippen LogP contribution in [-0.2, 0) is 0 Å². The van der Waals surface area contributed by atoms with Crippen molar-refractivity contribution in [3.8, 4) is 5.75 Å². The van der Waals surface area contributed by atoms with Gasteiger partial charge >= 0.3 is 5.97 Å². The lowest BCUT2D eigenvalue weighted by molar-refractivity contribution is 0.0709. The molecule has 10 heteroatoms. The molecule has 5 nitrogen and oxygen atoms in total. The van der Waals surface area contributed by atoms with Crippen molar-refractivity contribution < 1.29 is 31.5 Å². The first-order valence-electron chi connectivity index (χ1n) is 5.93. The average Bonchev–Trinajstić information content (AvgIpc) is 2.99. The van der Waals surface area contributed by atoms with Gasteiger partial charge in [-0.3, -0.25) is 4.98 Å². The van der Waals surface area contributed by atoms with E-state index in [4.69, 9.17) is 0 Å². The number of ether oxygens (including phenoxy) is 1. The summed E-state index contributed by atoms with van der Waals surface area (Å²) in [4.78, 5) is 15.6. The van der Waals surface area contributed by atoms with Crippen molar-refractivity contribution in [2.45, 2.75) is 0 Å². The summed E-state index contributed by atoms with van der Waals surface area (Å²) in [6.07, 6.45) is 4.08. The number of halogens is 5. The average molecular weight is 329 g/mol. The first-order chi connectivity index (χ1) is 10.9. The Kier molecular flexibility index (Phi) is 3.43. The zero-order valence-electron chi connectivity index (χ0n) is 10.9. The summed E-state index contributed by atoms with van der Waals surface area (Å²) in [7, 11) is 0. The van der Waals surface area contributed by atoms with Crippen LogP contribution in [-0.4, -0.2) is 20.6 Å². The Labute approximate surface area is 123 Å². The minimum absolute atomic E-state index is 0.358. The van der Waals surface area contributed by atoms with Crippen molar-refractivity contribution in [3.63, 3.8) is 0 Å². The second-order valence-corrected chi connectivity index (χ2v) is 4.26. The second-order valence-electron chi connectivity index (χ2n) is 4.26. The van der Waals surface area contributed by atoms with Crippen LogP contribution >= 0.6 is 0 Å². The minimum Gasteiger partial charge on any atom is -0.415 e. The number of benzene rings is 1. The highest BCUT2D eigenvalue weighted by Gasteiger charge is 2.29. The lowest BCUT2D eigenvalue weighted by atomic mass is 10.2. The molecule has 0 saturated carbocycles. The smallest absolute Gasteiger partial charge is 0.364 e. The van der Waals surface area contributed by atoms with Gasteiger partial charge < -0.3 is 4.74 Å². The van der Waals surface area contributed by atoms with E-state index in [-0.39, 0.29) is 0 Å². The number of carbonyl (C=O) groups is 1. The van der Waals surface area contributed by atoms with Gasteiger partial charge in [0.05, 0.1) is 11.7 Å². The van der Waals surface area contributed by atoms with E-state index in [9.17, 15) is 26.7 Å². The van der Waals surface area contributed by atoms with Gasteiger partial charge in [-0.05, 0) is 0 Å². The van der Waals surface area contributed by atoms with Gasteiger partial charge in [0.15, 0.2) is 5.69 Å². The molecule has 0 atom stereocenters. The lowest BCUT2D eigenvalue weighted by Crippen LogP contribution is -2.14. The maximum Gasteiger partial charge on any atom is 0.364 e. The molecule has 0 amide bonds. The largest absolute Gasteiger partial charge is 0.415 e. The summed E-state index contributed by atoms with van der Waals surface area (Å²) in [5.74, 6) is -14.4. The van der Waals surface area contributed by atoms with Gasteiger partial charge in [-0.25, -0.2) is 22.5 Å². The third kappa shape index (κ3) is 2.37. The first kappa shape index (κ1) is 14.9. The summed E-state index contributed by atoms with van der Waals surface area (Å²) >= 11 is 0. The summed E-state index contributed by atoms with van der Waals surface area (Å²) in [6, 6.07) is 1.17. The normalized spacial score (nSPS) is 11.0. The molecule has 0 aliphatic heterocycles. The summed E-state index contributed by atoms with van der Waals surface area (Å²) in [5.41, 5.74) is -0.0428. The van der Waals surface area contributed by atoms with Crippen molar-refractivity contribution in [1.29, 1.82) is 0 Å². The maximum absolute atomic E-state index is 13.4. The Hall–Kier alpha value is -3.04. The van der Waals surface area contributed by atoms with E-state index >= 15 is 0 Å². The molecule has 1 aromatic carbocycles. The van der Waals surface area contributed by atoms with Crippen LogP contribution in [0.15, 0.2) is 24.7 Å². The predicted octanol–water partition coefficient (Wildman–Crippen LogP) is 2.64. The van der Waals surface area contributed by atoms with Gasteiger partial charge in [0.2, 0.25) is 34.8 Å². The van der Waals surface area contributed by atoms with E-state index in [1.807, 2.05) is 0 Å². The van der Waals surface area contributed by atoms with Gasteiger partial charge in [-0.2, -0.15) is 13.9 Å². The molecule has 2 heterocycles. The van der Waals surface area contributed by atoms with Crippen molar-refractivity contribution in [2.24, 2.45) is 0 Å². The molecule has 0 unspecified atom stereocenters. The van der Waals surface area contributed by atoms with Gasteiger partial charge in [0, 0.05) is 18.5 Å². The SMILES string of the molecule is O=C(Oc1c(F)c(F)c(F)c(F)c1F)c1cc2cnccn2n1. The lowest BCUT2D eigenvalue weighted by Gasteiger charge is -2.07. The van der Waals surface area contributed by atoms with Crippen LogP contribution in [0.1, 0.15) is 10.5 Å². The van der Waals surface area contributed by atoms with Crippen LogP contribution in [0.4, 0.5) is 22.0 Å². The highest BCUT2D eigenvalue weighted by Crippen LogP contribution is 2.29. The molecule has 2 aromatic heterocycles. The minimum atomic E-state index is -2.35. The molecule has 0 spiro atoms. The molecule has 0 saturated heterocycles. The van der Waals surface area contributed by atoms with E-state index in [0.29, 0.717) is 5.52 Å². The van der Waals surface area contributed by atoms with Crippen LogP contribution < -0.4 is 4.74 Å². The molecule has 23 heavy (non-hydrogen) atoms. The van der Waals surface area contributed by atoms with Crippen molar-refractivity contribution >= 4 is 11.5 Å². The molecule has 0 aliphatic carbocycles. The summed E-state index contributed by atoms with van der Waals surface area (Å²) < 4.78 is 71.4. The van der Waals surface area contributed by atoms with Crippen LogP contribution in [0.3, 0.4) is 0 Å². The van der Waals surface area contributed by atoms with Crippen molar-refractivity contribution in [2.75, 3.05) is 0 Å². The number of carbonyl (C=O) groups excluding carboxylic acids is 1. The van der Waals surface area contributed by atoms with E-state index in [2.05, 4.69) is 14.8 Å². The zero-order valence-corrected chi connectivity index (χ0v) is 10.9. The topological polar surface area (TPSA) is 56.5 Å². The van der Waals surface area contributed by atoms with Gasteiger partial charge in [-0.1, -0.05) is 0 Å². The number of esters is 1. The van der Waals surface area contributed by atoms with E-state index in [1.165, 1.54) is 29.2 Å². The first-order valence-corrected chi connectivity index (χ1v) is 5.93. The Balaban J connectivity index is 2.00. The van der Waals surface area contributed by atoms with E-state index in [0.717, 1.165) is 0 Å². The maximum atomic E-state index is 13.4. The zero-order chi connectivity index (χ0) is 16.7. The highest BCUT2D eigenvalue weighted by atomic mass is 19.2. The fraction of sp³-hybridized carbons (Fsp3) is 0. The Morgan fingerprint density at radius 2 is 1.61 bits per heavy atom. The number of fused-ring (bicyclic) bond motifs is 1. The molecular weight excluding hydrogens is 325 g/mol. The number of hydrogen-bond donors (Lipinski definition) is 0. The molecule has 0 aliphatic rings. The number of nitrogens with zero attached hydrogens (tertiary/aromatic N) is 3. The third-order valence-electron chi connectivity index (χ3n) is 2.84. The predicted molar refractivity (Wildman–Crippen MR) is 64.2 cm³/mol. The molecule has 0 fully saturated rings. The standard InChI is InChI=1S/C13H4F5N3O2/c14-7-8(15)10(17)12(11(18)9(7)16)23-13(22)6-3-5-4-19-1-2-21(5)20-6/h1-4H. The quantitative estimate of drug-likeness (QED) is 0.238. The molecule has 3 rings (SSSR count). The Bertz CT molecular complexity index is 879. The Morgan fingerprint density at radius 1 is 1.00 bits per heavy atom. The number of rotatable bonds is 2. The van der Waals surface area contributed by atoms with Crippen LogP contribution in [0.25, 0.3) is 5.52 Å². The molecule has 118 valence electrons. The monoisotopic (exact) mass is 329 g/mol. The van der Waals surface area contributed by atoms with Crippen molar-refractivity contribution in [3.05, 3.63) is 59.4 Å². The number of hydrogen-bond acceptors (Lipinski definition) is 4. The number of aromatic nitrogens is 3. The Morgan fingerprint density at radius 3 is 2.22 bits per heavy atom. The van der Waals surface area contributed by atoms with Crippen molar-refractivity contribution in [1.82, 2.24) is 14.6 Å². The van der Waals surface area contributed by atoms with Crippen LogP contribution in [0.5, 0.6) is 5.75 Å². The van der Waals surface area contributed by atoms with Crippen LogP contribution in [0.2, 0.25) is 0 Å². The van der Waals surface area contributed by atoms with Gasteiger partial charge in [-0.15, -0.1) is 0 Å². The highest BCUT2D eigenvalue weighted by molar-refractivity contribution is 5.90. The molecule has 0 bridgehead atoms. The van der Waals surface area contributed by atoms with E-state index < -0.39 is 46.5 Å². The molecule has 0 radical (unpaired) electrons. The summed E-state index contributed by atoms with van der Waals surface area (Å²) in [6.45, 7) is 0. The fourth-order valence-corrected chi connectivity index (χ4v) is 1.76.